The first kappa shape index (κ1) is 4.42. The van der Waals surface area contributed by atoms with E-state index in [0.29, 0.717) is 0 Å². The van der Waals surface area contributed by atoms with E-state index in [-0.39, 0.29) is 18.6 Å². The monoisotopic (exact) mass is 174 g/mol. The minimum absolute atomic E-state index is 0.00789. The SMILES string of the molecule is [2H]C1CC=C(C(=O)OCC)C([2H])N1C([2H])([2H])[2H]. The van der Waals surface area contributed by atoms with Gasteiger partial charge in [0.25, 0.3) is 0 Å². The van der Waals surface area contributed by atoms with E-state index >= 15 is 0 Å². The number of ether oxygens (including phenoxy) is 1. The molecule has 0 radical (unpaired) electrons. The Morgan fingerprint density at radius 1 is 2.00 bits per heavy atom. The van der Waals surface area contributed by atoms with Crippen molar-refractivity contribution < 1.29 is 16.4 Å². The van der Waals surface area contributed by atoms with Crippen molar-refractivity contribution in [1.82, 2.24) is 4.90 Å². The molecular weight excluding hydrogens is 154 g/mol. The number of hydrogen-bond donors (Lipinski definition) is 0. The van der Waals surface area contributed by atoms with Crippen LogP contribution in [0, 0.1) is 0 Å². The summed E-state index contributed by atoms with van der Waals surface area (Å²) in [5, 5.41) is 0. The van der Waals surface area contributed by atoms with Crippen molar-refractivity contribution in [2.45, 2.75) is 13.3 Å². The van der Waals surface area contributed by atoms with Gasteiger partial charge < -0.3 is 9.64 Å². The van der Waals surface area contributed by atoms with Crippen LogP contribution < -0.4 is 0 Å². The van der Waals surface area contributed by atoms with E-state index in [2.05, 4.69) is 0 Å². The molecule has 0 amide bonds. The molecule has 0 saturated carbocycles. The summed E-state index contributed by atoms with van der Waals surface area (Å²) in [7, 11) is 0. The molecule has 0 N–H and O–H groups in total. The molecule has 1 heterocycles. The van der Waals surface area contributed by atoms with Crippen LogP contribution in [-0.4, -0.2) is 37.5 Å². The van der Waals surface area contributed by atoms with Crippen LogP contribution >= 0.6 is 0 Å². The molecule has 1 rings (SSSR count). The number of hydrogen-bond acceptors (Lipinski definition) is 3. The molecule has 0 spiro atoms. The predicted molar refractivity (Wildman–Crippen MR) is 46.8 cm³/mol. The first-order valence-corrected chi connectivity index (χ1v) is 3.79. The smallest absolute Gasteiger partial charge is 0.334 e. The molecule has 2 atom stereocenters. The van der Waals surface area contributed by atoms with Gasteiger partial charge in [-0.25, -0.2) is 4.79 Å². The second-order valence-electron chi connectivity index (χ2n) is 2.33. The molecule has 68 valence electrons. The Hall–Kier alpha value is -0.830. The van der Waals surface area contributed by atoms with Gasteiger partial charge in [0, 0.05) is 25.5 Å². The highest BCUT2D eigenvalue weighted by molar-refractivity contribution is 5.89. The summed E-state index contributed by atoms with van der Waals surface area (Å²) in [4.78, 5) is 12.2. The summed E-state index contributed by atoms with van der Waals surface area (Å²) >= 11 is 0. The van der Waals surface area contributed by atoms with Gasteiger partial charge >= 0.3 is 5.97 Å². The van der Waals surface area contributed by atoms with E-state index in [1.54, 1.807) is 6.92 Å². The van der Waals surface area contributed by atoms with E-state index in [0.717, 1.165) is 4.90 Å². The average molecular weight is 174 g/mol. The van der Waals surface area contributed by atoms with Gasteiger partial charge in [0.2, 0.25) is 0 Å². The zero-order chi connectivity index (χ0) is 13.2. The lowest BCUT2D eigenvalue weighted by atomic mass is 10.1. The largest absolute Gasteiger partial charge is 0.463 e. The fraction of sp³-hybridized carbons (Fsp3) is 0.667. The van der Waals surface area contributed by atoms with Crippen LogP contribution in [0.15, 0.2) is 11.6 Å². The Morgan fingerprint density at radius 3 is 3.50 bits per heavy atom. The molecule has 0 aromatic rings. The van der Waals surface area contributed by atoms with Crippen molar-refractivity contribution in [1.29, 1.82) is 0 Å². The highest BCUT2D eigenvalue weighted by atomic mass is 16.5. The summed E-state index contributed by atoms with van der Waals surface area (Å²) in [6.45, 7) is -3.18. The van der Waals surface area contributed by atoms with Crippen molar-refractivity contribution in [3.8, 4) is 0 Å². The highest BCUT2D eigenvalue weighted by Gasteiger charge is 2.15. The zero-order valence-corrected chi connectivity index (χ0v) is 6.91. The third-order valence-corrected chi connectivity index (χ3v) is 1.43. The summed E-state index contributed by atoms with van der Waals surface area (Å²) in [5.41, 5.74) is -0.00789. The number of esters is 1. The average Bonchev–Trinajstić information content (AvgIpc) is 2.15. The summed E-state index contributed by atoms with van der Waals surface area (Å²) in [6, 6.07) is 0. The Labute approximate surface area is 80.0 Å². The highest BCUT2D eigenvalue weighted by Crippen LogP contribution is 2.08. The number of carbonyl (C=O) groups excluding carboxylic acids is 1. The van der Waals surface area contributed by atoms with Crippen molar-refractivity contribution in [2.75, 3.05) is 26.6 Å². The van der Waals surface area contributed by atoms with Crippen LogP contribution in [0.1, 0.15) is 20.2 Å². The summed E-state index contributed by atoms with van der Waals surface area (Å²) < 4.78 is 41.9. The molecule has 0 bridgehead atoms. The van der Waals surface area contributed by atoms with Crippen LogP contribution in [0.3, 0.4) is 0 Å². The lowest BCUT2D eigenvalue weighted by molar-refractivity contribution is -0.138. The molecule has 3 heteroatoms. The first-order chi connectivity index (χ1) is 7.79. The molecule has 0 aliphatic carbocycles. The Balaban J connectivity index is 2.94. The third kappa shape index (κ3) is 2.34. The number of rotatable bonds is 2. The van der Waals surface area contributed by atoms with Gasteiger partial charge in [0.05, 0.1) is 6.61 Å². The molecule has 12 heavy (non-hydrogen) atoms. The van der Waals surface area contributed by atoms with Crippen LogP contribution in [0.25, 0.3) is 0 Å². The van der Waals surface area contributed by atoms with Gasteiger partial charge in [0.15, 0.2) is 0 Å². The summed E-state index contributed by atoms with van der Waals surface area (Å²) in [5.74, 6) is -0.686. The Morgan fingerprint density at radius 2 is 2.83 bits per heavy atom. The van der Waals surface area contributed by atoms with Gasteiger partial charge in [-0.1, -0.05) is 6.08 Å². The zero-order valence-electron chi connectivity index (χ0n) is 11.9. The van der Waals surface area contributed by atoms with Gasteiger partial charge in [-0.2, -0.15) is 0 Å². The van der Waals surface area contributed by atoms with Crippen LogP contribution in [0.4, 0.5) is 0 Å². The van der Waals surface area contributed by atoms with Gasteiger partial charge in [-0.15, -0.1) is 0 Å². The number of carbonyl (C=O) groups is 1. The number of nitrogens with zero attached hydrogens (tertiary/aromatic N) is 1. The first-order valence-electron chi connectivity index (χ1n) is 6.44. The molecule has 1 aliphatic heterocycles. The normalized spacial score (nSPS) is 38.1. The maximum Gasteiger partial charge on any atom is 0.334 e. The van der Waals surface area contributed by atoms with Crippen molar-refractivity contribution in [3.63, 3.8) is 0 Å². The second-order valence-corrected chi connectivity index (χ2v) is 2.33. The van der Waals surface area contributed by atoms with Crippen molar-refractivity contribution >= 4 is 5.97 Å². The number of likely N-dealkylation sites (N-methyl/N-ethyl adjacent to an activating group) is 1. The van der Waals surface area contributed by atoms with Crippen molar-refractivity contribution in [3.05, 3.63) is 11.6 Å². The molecule has 0 aromatic carbocycles. The molecule has 3 nitrogen and oxygen atoms in total. The minimum atomic E-state index is -2.56. The predicted octanol–water partition coefficient (Wildman–Crippen LogP) is 0.811. The van der Waals surface area contributed by atoms with E-state index < -0.39 is 26.0 Å². The molecular formula is C9H15NO2. The molecule has 0 saturated heterocycles. The fourth-order valence-electron chi connectivity index (χ4n) is 0.899. The van der Waals surface area contributed by atoms with E-state index in [4.69, 9.17) is 11.6 Å². The molecule has 0 fully saturated rings. The van der Waals surface area contributed by atoms with Gasteiger partial charge in [-0.05, 0) is 20.3 Å². The Kier molecular flexibility index (Phi) is 1.57. The van der Waals surface area contributed by atoms with Gasteiger partial charge in [0.1, 0.15) is 0 Å². The fourth-order valence-corrected chi connectivity index (χ4v) is 0.899. The van der Waals surface area contributed by atoms with Crippen LogP contribution in [-0.2, 0) is 9.53 Å². The topological polar surface area (TPSA) is 29.5 Å². The lowest BCUT2D eigenvalue weighted by Crippen LogP contribution is -2.29. The third-order valence-electron chi connectivity index (χ3n) is 1.43. The maximum atomic E-state index is 11.5. The second kappa shape index (κ2) is 4.26. The van der Waals surface area contributed by atoms with E-state index in [1.165, 1.54) is 6.08 Å². The minimum Gasteiger partial charge on any atom is -0.463 e. The van der Waals surface area contributed by atoms with Crippen LogP contribution in [0.5, 0.6) is 0 Å². The molecule has 0 aromatic heterocycles. The quantitative estimate of drug-likeness (QED) is 0.580. The lowest BCUT2D eigenvalue weighted by Gasteiger charge is -2.21. The van der Waals surface area contributed by atoms with E-state index in [1.807, 2.05) is 0 Å². The van der Waals surface area contributed by atoms with Crippen LogP contribution in [0.2, 0.25) is 0 Å². The van der Waals surface area contributed by atoms with E-state index in [9.17, 15) is 4.79 Å². The molecule has 2 unspecified atom stereocenters. The van der Waals surface area contributed by atoms with Gasteiger partial charge in [-0.3, -0.25) is 0 Å². The summed E-state index contributed by atoms with van der Waals surface area (Å²) in [6.07, 6.45) is 1.51. The Bertz CT molecular complexity index is 328. The van der Waals surface area contributed by atoms with Crippen molar-refractivity contribution in [2.24, 2.45) is 0 Å². The maximum absolute atomic E-state index is 11.5. The standard InChI is InChI=1S/C9H15NO2/c1-3-12-9(11)8-5-4-6-10(2)7-8/h5H,3-4,6-7H2,1-2H3/i2D3,6D,7D. The molecule has 1 aliphatic rings.